The fourth-order valence-electron chi connectivity index (χ4n) is 3.29. The van der Waals surface area contributed by atoms with Gasteiger partial charge in [-0.1, -0.05) is 18.2 Å². The first-order valence-corrected chi connectivity index (χ1v) is 8.75. The summed E-state index contributed by atoms with van der Waals surface area (Å²) in [6.45, 7) is 8.51. The van der Waals surface area contributed by atoms with E-state index in [1.165, 1.54) is 16.7 Å². The molecule has 3 rings (SSSR count). The van der Waals surface area contributed by atoms with Crippen molar-refractivity contribution in [2.24, 2.45) is 0 Å². The standard InChI is InChI=1S/C21H26N2O2/c1-15-8-9-19(12-16(15)2)23-11-10-22(17(3)21(23)24)14-18-6-5-7-20(13-18)25-4/h5-9,12-13,17H,10-11,14H2,1-4H3/t17-/m0/s1. The first-order valence-electron chi connectivity index (χ1n) is 8.75. The third kappa shape index (κ3) is 3.69. The zero-order valence-corrected chi connectivity index (χ0v) is 15.5. The SMILES string of the molecule is COc1cccc(CN2CCN(c3ccc(C)c(C)c3)C(=O)[C@@H]2C)c1. The average molecular weight is 338 g/mol. The molecule has 1 saturated heterocycles. The van der Waals surface area contributed by atoms with Gasteiger partial charge in [-0.3, -0.25) is 9.69 Å². The number of anilines is 1. The molecule has 1 atom stereocenters. The van der Waals surface area contributed by atoms with Gasteiger partial charge in [0, 0.05) is 25.3 Å². The summed E-state index contributed by atoms with van der Waals surface area (Å²) < 4.78 is 5.29. The first kappa shape index (κ1) is 17.5. The normalized spacial score (nSPS) is 18.5. The third-order valence-corrected chi connectivity index (χ3v) is 5.10. The van der Waals surface area contributed by atoms with Crippen LogP contribution in [0.25, 0.3) is 0 Å². The average Bonchev–Trinajstić information content (AvgIpc) is 2.62. The molecule has 0 radical (unpaired) electrons. The number of rotatable bonds is 4. The van der Waals surface area contributed by atoms with Crippen molar-refractivity contribution in [3.63, 3.8) is 0 Å². The summed E-state index contributed by atoms with van der Waals surface area (Å²) in [5.74, 6) is 1.02. The van der Waals surface area contributed by atoms with Crippen molar-refractivity contribution in [2.45, 2.75) is 33.4 Å². The van der Waals surface area contributed by atoms with Crippen LogP contribution >= 0.6 is 0 Å². The molecule has 1 fully saturated rings. The second-order valence-corrected chi connectivity index (χ2v) is 6.76. The molecule has 1 amide bonds. The van der Waals surface area contributed by atoms with E-state index in [1.807, 2.05) is 36.1 Å². The first-order chi connectivity index (χ1) is 12.0. The molecule has 1 aliphatic heterocycles. The summed E-state index contributed by atoms with van der Waals surface area (Å²) in [6, 6.07) is 14.2. The number of hydrogen-bond acceptors (Lipinski definition) is 3. The van der Waals surface area contributed by atoms with Crippen LogP contribution in [-0.2, 0) is 11.3 Å². The number of benzene rings is 2. The molecule has 4 nitrogen and oxygen atoms in total. The molecule has 0 aromatic heterocycles. The fraction of sp³-hybridized carbons (Fsp3) is 0.381. The van der Waals surface area contributed by atoms with Gasteiger partial charge in [0.1, 0.15) is 5.75 Å². The molecule has 25 heavy (non-hydrogen) atoms. The van der Waals surface area contributed by atoms with Crippen molar-refractivity contribution in [3.05, 3.63) is 59.2 Å². The van der Waals surface area contributed by atoms with Crippen molar-refractivity contribution in [3.8, 4) is 5.75 Å². The number of hydrogen-bond donors (Lipinski definition) is 0. The second-order valence-electron chi connectivity index (χ2n) is 6.76. The predicted molar refractivity (Wildman–Crippen MR) is 101 cm³/mol. The Morgan fingerprint density at radius 3 is 2.60 bits per heavy atom. The summed E-state index contributed by atoms with van der Waals surface area (Å²) in [5, 5.41) is 0. The van der Waals surface area contributed by atoms with Gasteiger partial charge in [0.15, 0.2) is 0 Å². The lowest BCUT2D eigenvalue weighted by Crippen LogP contribution is -2.55. The molecular formula is C21H26N2O2. The Bertz CT molecular complexity index is 772. The van der Waals surface area contributed by atoms with Gasteiger partial charge in [-0.25, -0.2) is 0 Å². The van der Waals surface area contributed by atoms with Gasteiger partial charge in [-0.05, 0) is 61.7 Å². The molecule has 132 valence electrons. The van der Waals surface area contributed by atoms with Crippen molar-refractivity contribution in [2.75, 3.05) is 25.1 Å². The van der Waals surface area contributed by atoms with Crippen molar-refractivity contribution >= 4 is 11.6 Å². The van der Waals surface area contributed by atoms with Crippen LogP contribution in [0.5, 0.6) is 5.75 Å². The lowest BCUT2D eigenvalue weighted by atomic mass is 10.1. The monoisotopic (exact) mass is 338 g/mol. The summed E-state index contributed by atoms with van der Waals surface area (Å²) in [5.41, 5.74) is 4.64. The van der Waals surface area contributed by atoms with Crippen LogP contribution in [0, 0.1) is 13.8 Å². The maximum absolute atomic E-state index is 12.9. The van der Waals surface area contributed by atoms with E-state index in [1.54, 1.807) is 7.11 Å². The summed E-state index contributed by atoms with van der Waals surface area (Å²) in [6.07, 6.45) is 0. The Morgan fingerprint density at radius 2 is 1.88 bits per heavy atom. The highest BCUT2D eigenvalue weighted by molar-refractivity contribution is 5.97. The van der Waals surface area contributed by atoms with Crippen LogP contribution in [0.4, 0.5) is 5.69 Å². The molecule has 2 aromatic rings. The van der Waals surface area contributed by atoms with Crippen LogP contribution in [-0.4, -0.2) is 37.0 Å². The van der Waals surface area contributed by atoms with Crippen molar-refractivity contribution in [1.82, 2.24) is 4.90 Å². The molecule has 1 aliphatic rings. The summed E-state index contributed by atoms with van der Waals surface area (Å²) >= 11 is 0. The Hall–Kier alpha value is -2.33. The highest BCUT2D eigenvalue weighted by Gasteiger charge is 2.32. The number of aryl methyl sites for hydroxylation is 2. The Kier molecular flexibility index (Phi) is 5.09. The Balaban J connectivity index is 1.73. The van der Waals surface area contributed by atoms with E-state index in [-0.39, 0.29) is 11.9 Å². The smallest absolute Gasteiger partial charge is 0.244 e. The lowest BCUT2D eigenvalue weighted by Gasteiger charge is -2.39. The number of nitrogens with zero attached hydrogens (tertiary/aromatic N) is 2. The van der Waals surface area contributed by atoms with E-state index in [0.29, 0.717) is 0 Å². The van der Waals surface area contributed by atoms with E-state index in [0.717, 1.165) is 31.1 Å². The minimum Gasteiger partial charge on any atom is -0.497 e. The number of piperazine rings is 1. The lowest BCUT2D eigenvalue weighted by molar-refractivity contribution is -0.125. The molecule has 0 saturated carbocycles. The van der Waals surface area contributed by atoms with E-state index in [2.05, 4.69) is 36.9 Å². The summed E-state index contributed by atoms with van der Waals surface area (Å²) in [7, 11) is 1.67. The van der Waals surface area contributed by atoms with Crippen molar-refractivity contribution in [1.29, 1.82) is 0 Å². The van der Waals surface area contributed by atoms with E-state index < -0.39 is 0 Å². The molecule has 0 bridgehead atoms. The number of ether oxygens (including phenoxy) is 1. The predicted octanol–water partition coefficient (Wildman–Crippen LogP) is 3.55. The van der Waals surface area contributed by atoms with Crippen molar-refractivity contribution < 1.29 is 9.53 Å². The van der Waals surface area contributed by atoms with Gasteiger partial charge >= 0.3 is 0 Å². The van der Waals surface area contributed by atoms with Gasteiger partial charge in [-0.15, -0.1) is 0 Å². The molecule has 1 heterocycles. The molecule has 4 heteroatoms. The third-order valence-electron chi connectivity index (χ3n) is 5.10. The van der Waals surface area contributed by atoms with Gasteiger partial charge in [0.05, 0.1) is 13.2 Å². The van der Waals surface area contributed by atoms with Crippen LogP contribution in [0.3, 0.4) is 0 Å². The van der Waals surface area contributed by atoms with E-state index in [4.69, 9.17) is 4.74 Å². The molecule has 0 N–H and O–H groups in total. The molecular weight excluding hydrogens is 312 g/mol. The van der Waals surface area contributed by atoms with Gasteiger partial charge in [0.2, 0.25) is 5.91 Å². The zero-order chi connectivity index (χ0) is 18.0. The quantitative estimate of drug-likeness (QED) is 0.855. The Labute approximate surface area is 150 Å². The van der Waals surface area contributed by atoms with E-state index in [9.17, 15) is 4.79 Å². The topological polar surface area (TPSA) is 32.8 Å². The molecule has 2 aromatic carbocycles. The summed E-state index contributed by atoms with van der Waals surface area (Å²) in [4.78, 5) is 17.1. The molecule has 0 aliphatic carbocycles. The minimum absolute atomic E-state index is 0.137. The van der Waals surface area contributed by atoms with Crippen LogP contribution in [0.2, 0.25) is 0 Å². The largest absolute Gasteiger partial charge is 0.497 e. The van der Waals surface area contributed by atoms with Crippen LogP contribution in [0.15, 0.2) is 42.5 Å². The van der Waals surface area contributed by atoms with Crippen LogP contribution in [0.1, 0.15) is 23.6 Å². The maximum atomic E-state index is 12.9. The molecule has 0 spiro atoms. The number of amides is 1. The highest BCUT2D eigenvalue weighted by Crippen LogP contribution is 2.24. The highest BCUT2D eigenvalue weighted by atomic mass is 16.5. The van der Waals surface area contributed by atoms with Gasteiger partial charge < -0.3 is 9.64 Å². The minimum atomic E-state index is -0.137. The number of carbonyl (C=O) groups is 1. The second kappa shape index (κ2) is 7.28. The maximum Gasteiger partial charge on any atom is 0.244 e. The molecule has 0 unspecified atom stereocenters. The van der Waals surface area contributed by atoms with Gasteiger partial charge in [-0.2, -0.15) is 0 Å². The zero-order valence-electron chi connectivity index (χ0n) is 15.5. The number of carbonyl (C=O) groups excluding carboxylic acids is 1. The van der Waals surface area contributed by atoms with Gasteiger partial charge in [0.25, 0.3) is 0 Å². The van der Waals surface area contributed by atoms with E-state index >= 15 is 0 Å². The Morgan fingerprint density at radius 1 is 1.08 bits per heavy atom. The fourth-order valence-corrected chi connectivity index (χ4v) is 3.29. The number of methoxy groups -OCH3 is 1. The van der Waals surface area contributed by atoms with Crippen LogP contribution < -0.4 is 9.64 Å².